The van der Waals surface area contributed by atoms with Crippen LogP contribution in [0.15, 0.2) is 0 Å². The van der Waals surface area contributed by atoms with Crippen molar-refractivity contribution in [3.8, 4) is 0 Å². The van der Waals surface area contributed by atoms with Gasteiger partial charge >= 0.3 is 10.8 Å². The maximum absolute atomic E-state index is 12.5. The first kappa shape index (κ1) is 12.5. The zero-order chi connectivity index (χ0) is 10.2. The molecule has 2 atom stereocenters. The Morgan fingerprint density at radius 3 is 1.33 bits per heavy atom. The van der Waals surface area contributed by atoms with Crippen molar-refractivity contribution in [2.75, 3.05) is 6.67 Å². The van der Waals surface area contributed by atoms with Crippen LogP contribution in [0.4, 0.5) is 26.3 Å². The van der Waals surface area contributed by atoms with Crippen LogP contribution in [0.3, 0.4) is 0 Å². The SMILES string of the molecule is FCC(F)(Br)C(F)(Br)C(F)(F)F. The summed E-state index contributed by atoms with van der Waals surface area (Å²) in [5.41, 5.74) is 0. The topological polar surface area (TPSA) is 0 Å². The third-order valence-electron chi connectivity index (χ3n) is 0.983. The summed E-state index contributed by atoms with van der Waals surface area (Å²) in [5.74, 6) is 0. The van der Waals surface area contributed by atoms with Gasteiger partial charge in [-0.1, -0.05) is 0 Å². The Kier molecular flexibility index (Phi) is 3.51. The number of rotatable bonds is 2. The van der Waals surface area contributed by atoms with Gasteiger partial charge in [0, 0.05) is 0 Å². The Morgan fingerprint density at radius 2 is 1.25 bits per heavy atom. The standard InChI is InChI=1S/C4H2Br2F6/c5-2(8,1-7)3(6,9)4(10,11)12/h1H2. The largest absolute Gasteiger partial charge is 0.437 e. The van der Waals surface area contributed by atoms with Gasteiger partial charge in [0.15, 0.2) is 0 Å². The van der Waals surface area contributed by atoms with Crippen LogP contribution in [0.25, 0.3) is 0 Å². The van der Waals surface area contributed by atoms with Crippen molar-refractivity contribution in [2.45, 2.75) is 15.3 Å². The highest BCUT2D eigenvalue weighted by molar-refractivity contribution is 9.12. The molecule has 0 amide bonds. The van der Waals surface area contributed by atoms with Crippen LogP contribution in [0.5, 0.6) is 0 Å². The second kappa shape index (κ2) is 3.36. The lowest BCUT2D eigenvalue weighted by Gasteiger charge is -2.29. The summed E-state index contributed by atoms with van der Waals surface area (Å²) in [5, 5.41) is 0. The van der Waals surface area contributed by atoms with E-state index in [-0.39, 0.29) is 0 Å². The minimum Gasteiger partial charge on any atom is -0.246 e. The molecular weight excluding hydrogens is 322 g/mol. The van der Waals surface area contributed by atoms with E-state index in [1.807, 2.05) is 0 Å². The van der Waals surface area contributed by atoms with E-state index < -0.39 is 22.0 Å². The lowest BCUT2D eigenvalue weighted by atomic mass is 10.2. The summed E-state index contributed by atoms with van der Waals surface area (Å²) < 4.78 is 63.3. The first-order valence-electron chi connectivity index (χ1n) is 2.44. The molecule has 0 aliphatic rings. The van der Waals surface area contributed by atoms with E-state index in [1.165, 1.54) is 15.9 Å². The number of hydrogen-bond acceptors (Lipinski definition) is 0. The lowest BCUT2D eigenvalue weighted by Crippen LogP contribution is -2.50. The summed E-state index contributed by atoms with van der Waals surface area (Å²) >= 11 is 3.09. The van der Waals surface area contributed by atoms with Gasteiger partial charge in [0.05, 0.1) is 0 Å². The molecule has 0 aliphatic heterocycles. The molecule has 0 saturated carbocycles. The Balaban J connectivity index is 4.85. The molecule has 74 valence electrons. The average molecular weight is 324 g/mol. The van der Waals surface area contributed by atoms with Crippen LogP contribution in [0, 0.1) is 0 Å². The maximum atomic E-state index is 12.5. The molecule has 0 spiro atoms. The monoisotopic (exact) mass is 322 g/mol. The first-order chi connectivity index (χ1) is 5.06. The zero-order valence-electron chi connectivity index (χ0n) is 5.23. The molecule has 0 N–H and O–H groups in total. The molecular formula is C4H2Br2F6. The molecule has 0 radical (unpaired) electrons. The number of halogens is 8. The number of hydrogen-bond donors (Lipinski definition) is 0. The summed E-state index contributed by atoms with van der Waals surface area (Å²) in [6, 6.07) is 0. The molecule has 0 bridgehead atoms. The molecule has 0 aromatic heterocycles. The molecule has 0 aromatic carbocycles. The fourth-order valence-electron chi connectivity index (χ4n) is 0.291. The van der Waals surface area contributed by atoms with Crippen LogP contribution in [-0.4, -0.2) is 22.0 Å². The van der Waals surface area contributed by atoms with Gasteiger partial charge in [0.1, 0.15) is 6.67 Å². The van der Waals surface area contributed by atoms with Gasteiger partial charge in [-0.25, -0.2) is 13.2 Å². The van der Waals surface area contributed by atoms with Crippen molar-refractivity contribution >= 4 is 31.9 Å². The van der Waals surface area contributed by atoms with E-state index in [9.17, 15) is 26.3 Å². The van der Waals surface area contributed by atoms with E-state index in [0.29, 0.717) is 0 Å². The highest BCUT2D eigenvalue weighted by atomic mass is 79.9. The molecule has 0 aliphatic carbocycles. The number of alkyl halides is 8. The van der Waals surface area contributed by atoms with Gasteiger partial charge in [-0.15, -0.1) is 0 Å². The molecule has 8 heteroatoms. The minimum absolute atomic E-state index is 1.43. The van der Waals surface area contributed by atoms with Crippen LogP contribution in [0.1, 0.15) is 0 Å². The van der Waals surface area contributed by atoms with Crippen LogP contribution >= 0.6 is 31.9 Å². The quantitative estimate of drug-likeness (QED) is 0.537. The van der Waals surface area contributed by atoms with Crippen molar-refractivity contribution in [2.24, 2.45) is 0 Å². The van der Waals surface area contributed by atoms with Gasteiger partial charge < -0.3 is 0 Å². The molecule has 0 nitrogen and oxygen atoms in total. The van der Waals surface area contributed by atoms with Gasteiger partial charge in [-0.05, 0) is 31.9 Å². The van der Waals surface area contributed by atoms with Crippen molar-refractivity contribution in [1.82, 2.24) is 0 Å². The van der Waals surface area contributed by atoms with Crippen molar-refractivity contribution in [3.05, 3.63) is 0 Å². The summed E-state index contributed by atoms with van der Waals surface area (Å²) in [6.45, 7) is -2.14. The Bertz CT molecular complexity index is 161. The fraction of sp³-hybridized carbons (Fsp3) is 1.00. The molecule has 0 saturated heterocycles. The molecule has 0 rings (SSSR count). The van der Waals surface area contributed by atoms with Crippen molar-refractivity contribution in [3.63, 3.8) is 0 Å². The first-order valence-corrected chi connectivity index (χ1v) is 4.03. The summed E-state index contributed by atoms with van der Waals surface area (Å²) in [6.07, 6.45) is -5.53. The van der Waals surface area contributed by atoms with Gasteiger partial charge in [-0.3, -0.25) is 0 Å². The fourth-order valence-corrected chi connectivity index (χ4v) is 0.622. The van der Waals surface area contributed by atoms with Crippen LogP contribution < -0.4 is 0 Å². The van der Waals surface area contributed by atoms with Crippen molar-refractivity contribution in [1.29, 1.82) is 0 Å². The van der Waals surface area contributed by atoms with Crippen molar-refractivity contribution < 1.29 is 26.3 Å². The maximum Gasteiger partial charge on any atom is 0.437 e. The average Bonchev–Trinajstić information content (AvgIpc) is 1.85. The Labute approximate surface area is 80.6 Å². The van der Waals surface area contributed by atoms with Crippen LogP contribution in [-0.2, 0) is 0 Å². The van der Waals surface area contributed by atoms with Gasteiger partial charge in [0.2, 0.25) is 4.58 Å². The third kappa shape index (κ3) is 2.07. The predicted molar refractivity (Wildman–Crippen MR) is 37.6 cm³/mol. The molecule has 0 fully saturated rings. The van der Waals surface area contributed by atoms with E-state index in [2.05, 4.69) is 0 Å². The zero-order valence-corrected chi connectivity index (χ0v) is 8.40. The smallest absolute Gasteiger partial charge is 0.246 e. The van der Waals surface area contributed by atoms with E-state index in [4.69, 9.17) is 0 Å². The lowest BCUT2D eigenvalue weighted by molar-refractivity contribution is -0.214. The third-order valence-corrected chi connectivity index (χ3v) is 3.35. The molecule has 0 aromatic rings. The van der Waals surface area contributed by atoms with Crippen LogP contribution in [0.2, 0.25) is 0 Å². The minimum atomic E-state index is -5.53. The normalized spacial score (nSPS) is 23.0. The highest BCUT2D eigenvalue weighted by Crippen LogP contribution is 2.51. The van der Waals surface area contributed by atoms with E-state index >= 15 is 0 Å². The highest BCUT2D eigenvalue weighted by Gasteiger charge is 2.68. The summed E-state index contributed by atoms with van der Waals surface area (Å²) in [4.78, 5) is 0. The molecule has 0 heterocycles. The second-order valence-corrected chi connectivity index (χ2v) is 4.26. The summed E-state index contributed by atoms with van der Waals surface area (Å²) in [7, 11) is 0. The Hall–Kier alpha value is 0.540. The van der Waals surface area contributed by atoms with Gasteiger partial charge in [-0.2, -0.15) is 13.2 Å². The molecule has 12 heavy (non-hydrogen) atoms. The predicted octanol–water partition coefficient (Wildman–Crippen LogP) is 3.64. The second-order valence-electron chi connectivity index (χ2n) is 1.91. The van der Waals surface area contributed by atoms with E-state index in [1.54, 1.807) is 15.9 Å². The molecule has 2 unspecified atom stereocenters. The Morgan fingerprint density at radius 1 is 0.917 bits per heavy atom. The van der Waals surface area contributed by atoms with E-state index in [0.717, 1.165) is 0 Å². The van der Waals surface area contributed by atoms with Gasteiger partial charge in [0.25, 0.3) is 0 Å².